The van der Waals surface area contributed by atoms with Gasteiger partial charge in [0, 0.05) is 36.4 Å². The number of likely N-dealkylation sites (N-methyl/N-ethyl adjacent to an activating group) is 1. The molecule has 19 heavy (non-hydrogen) atoms. The molecule has 4 nitrogen and oxygen atoms in total. The molecule has 1 aromatic heterocycles. The second-order valence-corrected chi connectivity index (χ2v) is 5.43. The molecule has 1 atom stereocenters. The summed E-state index contributed by atoms with van der Waals surface area (Å²) in [5.74, 6) is 0. The Morgan fingerprint density at radius 2 is 2.16 bits per heavy atom. The first-order chi connectivity index (χ1) is 9.16. The maximum absolute atomic E-state index is 6.01. The summed E-state index contributed by atoms with van der Waals surface area (Å²) >= 11 is 0. The van der Waals surface area contributed by atoms with Gasteiger partial charge in [-0.05, 0) is 44.8 Å². The Labute approximate surface area is 113 Å². The van der Waals surface area contributed by atoms with Crippen molar-refractivity contribution in [2.45, 2.75) is 12.5 Å². The molecule has 1 aromatic carbocycles. The summed E-state index contributed by atoms with van der Waals surface area (Å²) in [6, 6.07) is 8.80. The van der Waals surface area contributed by atoms with Crippen LogP contribution in [0.5, 0.6) is 0 Å². The van der Waals surface area contributed by atoms with Crippen molar-refractivity contribution >= 4 is 22.3 Å². The van der Waals surface area contributed by atoms with E-state index in [4.69, 9.17) is 5.73 Å². The molecular weight excluding hydrogens is 236 g/mol. The van der Waals surface area contributed by atoms with E-state index in [1.165, 1.54) is 12.1 Å². The van der Waals surface area contributed by atoms with Gasteiger partial charge < -0.3 is 15.5 Å². The number of aromatic nitrogens is 1. The second kappa shape index (κ2) is 4.70. The molecule has 0 bridgehead atoms. The highest BCUT2D eigenvalue weighted by Gasteiger charge is 2.25. The highest BCUT2D eigenvalue weighted by atomic mass is 15.2. The summed E-state index contributed by atoms with van der Waals surface area (Å²) in [5.41, 5.74) is 8.92. The van der Waals surface area contributed by atoms with Gasteiger partial charge in [-0.1, -0.05) is 0 Å². The van der Waals surface area contributed by atoms with Crippen LogP contribution in [0.3, 0.4) is 0 Å². The predicted octanol–water partition coefficient (Wildman–Crippen LogP) is 1.96. The van der Waals surface area contributed by atoms with Crippen LogP contribution in [0.1, 0.15) is 6.42 Å². The minimum absolute atomic E-state index is 0.629. The number of benzene rings is 1. The summed E-state index contributed by atoms with van der Waals surface area (Å²) in [6.45, 7) is 2.16. The lowest BCUT2D eigenvalue weighted by Crippen LogP contribution is -2.31. The van der Waals surface area contributed by atoms with E-state index >= 15 is 0 Å². The highest BCUT2D eigenvalue weighted by molar-refractivity contribution is 5.98. The molecule has 0 radical (unpaired) electrons. The van der Waals surface area contributed by atoms with E-state index in [2.05, 4.69) is 41.0 Å². The molecule has 0 aliphatic carbocycles. The van der Waals surface area contributed by atoms with E-state index < -0.39 is 0 Å². The average molecular weight is 256 g/mol. The van der Waals surface area contributed by atoms with E-state index in [1.807, 2.05) is 12.1 Å². The average Bonchev–Trinajstić information content (AvgIpc) is 2.89. The zero-order valence-electron chi connectivity index (χ0n) is 11.5. The minimum Gasteiger partial charge on any atom is -0.397 e. The SMILES string of the molecule is CN(C)C1CCN(c2ccc(N)c3ncccc23)C1. The number of rotatable bonds is 2. The van der Waals surface area contributed by atoms with E-state index in [1.54, 1.807) is 6.20 Å². The first kappa shape index (κ1) is 12.2. The smallest absolute Gasteiger partial charge is 0.0951 e. The van der Waals surface area contributed by atoms with Crippen molar-refractivity contribution in [2.75, 3.05) is 37.8 Å². The van der Waals surface area contributed by atoms with Crippen molar-refractivity contribution in [3.63, 3.8) is 0 Å². The summed E-state index contributed by atoms with van der Waals surface area (Å²) in [7, 11) is 4.30. The fourth-order valence-electron chi connectivity index (χ4n) is 2.84. The monoisotopic (exact) mass is 256 g/mol. The fraction of sp³-hybridized carbons (Fsp3) is 0.400. The molecule has 2 N–H and O–H groups in total. The van der Waals surface area contributed by atoms with E-state index in [0.29, 0.717) is 6.04 Å². The van der Waals surface area contributed by atoms with Crippen molar-refractivity contribution in [3.05, 3.63) is 30.5 Å². The molecule has 0 amide bonds. The van der Waals surface area contributed by atoms with Crippen LogP contribution < -0.4 is 10.6 Å². The Hall–Kier alpha value is -1.81. The van der Waals surface area contributed by atoms with Crippen LogP contribution in [0.2, 0.25) is 0 Å². The third-order valence-corrected chi connectivity index (χ3v) is 4.01. The lowest BCUT2D eigenvalue weighted by atomic mass is 10.1. The molecule has 4 heteroatoms. The Morgan fingerprint density at radius 1 is 1.32 bits per heavy atom. The quantitative estimate of drug-likeness (QED) is 0.834. The Bertz CT molecular complexity index is 594. The molecular formula is C15H20N4. The van der Waals surface area contributed by atoms with Gasteiger partial charge in [0.25, 0.3) is 0 Å². The largest absolute Gasteiger partial charge is 0.397 e. The second-order valence-electron chi connectivity index (χ2n) is 5.43. The van der Waals surface area contributed by atoms with Crippen molar-refractivity contribution in [3.8, 4) is 0 Å². The van der Waals surface area contributed by atoms with Crippen molar-refractivity contribution < 1.29 is 0 Å². The summed E-state index contributed by atoms with van der Waals surface area (Å²) in [6.07, 6.45) is 3.01. The number of fused-ring (bicyclic) bond motifs is 1. The zero-order valence-corrected chi connectivity index (χ0v) is 11.5. The number of nitrogens with zero attached hydrogens (tertiary/aromatic N) is 3. The Balaban J connectivity index is 2.00. The molecule has 0 spiro atoms. The highest BCUT2D eigenvalue weighted by Crippen LogP contribution is 2.31. The number of nitrogens with two attached hydrogens (primary N) is 1. The molecule has 2 aromatic rings. The van der Waals surface area contributed by atoms with Crippen LogP contribution in [0.25, 0.3) is 10.9 Å². The third-order valence-electron chi connectivity index (χ3n) is 4.01. The third kappa shape index (κ3) is 2.12. The van der Waals surface area contributed by atoms with E-state index in [0.717, 1.165) is 29.7 Å². The summed E-state index contributed by atoms with van der Waals surface area (Å²) in [5, 5.41) is 1.15. The number of nitrogen functional groups attached to an aromatic ring is 1. The standard InChI is InChI=1S/C15H20N4/c1-18(2)11-7-9-19(10-11)14-6-5-13(16)15-12(14)4-3-8-17-15/h3-6,8,11H,7,9-10,16H2,1-2H3. The maximum atomic E-state index is 6.01. The van der Waals surface area contributed by atoms with Crippen LogP contribution >= 0.6 is 0 Å². The molecule has 1 fully saturated rings. The number of anilines is 2. The van der Waals surface area contributed by atoms with Gasteiger partial charge in [-0.25, -0.2) is 0 Å². The molecule has 1 aliphatic heterocycles. The predicted molar refractivity (Wildman–Crippen MR) is 80.5 cm³/mol. The van der Waals surface area contributed by atoms with Crippen LogP contribution in [0, 0.1) is 0 Å². The maximum Gasteiger partial charge on any atom is 0.0951 e. The van der Waals surface area contributed by atoms with Crippen molar-refractivity contribution in [1.82, 2.24) is 9.88 Å². The number of pyridine rings is 1. The lowest BCUT2D eigenvalue weighted by molar-refractivity contribution is 0.315. The van der Waals surface area contributed by atoms with Gasteiger partial charge in [0.2, 0.25) is 0 Å². The van der Waals surface area contributed by atoms with Crippen molar-refractivity contribution in [2.24, 2.45) is 0 Å². The molecule has 100 valence electrons. The van der Waals surface area contributed by atoms with Gasteiger partial charge in [-0.2, -0.15) is 0 Å². The molecule has 1 saturated heterocycles. The van der Waals surface area contributed by atoms with Gasteiger partial charge in [-0.3, -0.25) is 4.98 Å². The van der Waals surface area contributed by atoms with Gasteiger partial charge in [0.1, 0.15) is 0 Å². The zero-order chi connectivity index (χ0) is 13.4. The fourth-order valence-corrected chi connectivity index (χ4v) is 2.84. The molecule has 2 heterocycles. The van der Waals surface area contributed by atoms with Gasteiger partial charge >= 0.3 is 0 Å². The molecule has 3 rings (SSSR count). The Kier molecular flexibility index (Phi) is 3.03. The van der Waals surface area contributed by atoms with Crippen LogP contribution in [0.15, 0.2) is 30.5 Å². The lowest BCUT2D eigenvalue weighted by Gasteiger charge is -2.23. The molecule has 1 unspecified atom stereocenters. The molecule has 0 saturated carbocycles. The first-order valence-corrected chi connectivity index (χ1v) is 6.71. The summed E-state index contributed by atoms with van der Waals surface area (Å²) in [4.78, 5) is 9.15. The van der Waals surface area contributed by atoms with Crippen LogP contribution in [-0.4, -0.2) is 43.1 Å². The Morgan fingerprint density at radius 3 is 2.89 bits per heavy atom. The van der Waals surface area contributed by atoms with Gasteiger partial charge in [0.05, 0.1) is 11.2 Å². The number of hydrogen-bond acceptors (Lipinski definition) is 4. The van der Waals surface area contributed by atoms with E-state index in [-0.39, 0.29) is 0 Å². The van der Waals surface area contributed by atoms with Gasteiger partial charge in [0.15, 0.2) is 0 Å². The number of hydrogen-bond donors (Lipinski definition) is 1. The summed E-state index contributed by atoms with van der Waals surface area (Å²) < 4.78 is 0. The minimum atomic E-state index is 0.629. The molecule has 1 aliphatic rings. The topological polar surface area (TPSA) is 45.4 Å². The van der Waals surface area contributed by atoms with E-state index in [9.17, 15) is 0 Å². The van der Waals surface area contributed by atoms with Crippen LogP contribution in [0.4, 0.5) is 11.4 Å². The first-order valence-electron chi connectivity index (χ1n) is 6.71. The normalized spacial score (nSPS) is 19.5. The van der Waals surface area contributed by atoms with Crippen molar-refractivity contribution in [1.29, 1.82) is 0 Å². The van der Waals surface area contributed by atoms with Gasteiger partial charge in [-0.15, -0.1) is 0 Å². The van der Waals surface area contributed by atoms with Crippen LogP contribution in [-0.2, 0) is 0 Å².